The van der Waals surface area contributed by atoms with Crippen molar-refractivity contribution in [2.45, 2.75) is 6.92 Å². The quantitative estimate of drug-likeness (QED) is 0.380. The number of carbonyl (C=O) groups is 1. The summed E-state index contributed by atoms with van der Waals surface area (Å²) in [5.41, 5.74) is 13.7. The molecule has 25 heavy (non-hydrogen) atoms. The fourth-order valence-corrected chi connectivity index (χ4v) is 2.46. The molecule has 0 radical (unpaired) electrons. The Labute approximate surface area is 143 Å². The van der Waals surface area contributed by atoms with Gasteiger partial charge in [0.05, 0.1) is 6.20 Å². The predicted molar refractivity (Wildman–Crippen MR) is 94.5 cm³/mol. The van der Waals surface area contributed by atoms with Gasteiger partial charge in [0.2, 0.25) is 5.96 Å². The summed E-state index contributed by atoms with van der Waals surface area (Å²) in [6, 6.07) is 8.63. The largest absolute Gasteiger partial charge is 0.455 e. The number of rotatable bonds is 4. The standard InChI is InChI=1S/C17H16N6O2/c1-10-12(9-24)8-23-15(10)14(6-7-21-23)25-13-4-2-11(3-5-13)16(18)22-17(19)20/h2-9H,1H3,(H5,18,19,20,22). The Kier molecular flexibility index (Phi) is 4.17. The van der Waals surface area contributed by atoms with E-state index in [1.807, 2.05) is 6.92 Å². The second kappa shape index (κ2) is 6.44. The fraction of sp³-hybridized carbons (Fsp3) is 0.0588. The van der Waals surface area contributed by atoms with Crippen LogP contribution in [0.5, 0.6) is 11.5 Å². The van der Waals surface area contributed by atoms with E-state index in [0.717, 1.165) is 17.4 Å². The molecule has 0 bridgehead atoms. The van der Waals surface area contributed by atoms with Gasteiger partial charge in [0.1, 0.15) is 17.1 Å². The average Bonchev–Trinajstić information content (AvgIpc) is 2.92. The smallest absolute Gasteiger partial charge is 0.214 e. The number of amidine groups is 1. The van der Waals surface area contributed by atoms with Crippen molar-refractivity contribution in [3.05, 3.63) is 59.4 Å². The maximum absolute atomic E-state index is 11.1. The minimum absolute atomic E-state index is 0.156. The molecule has 2 heterocycles. The van der Waals surface area contributed by atoms with Crippen LogP contribution < -0.4 is 16.2 Å². The number of hydrogen-bond acceptors (Lipinski definition) is 4. The number of nitrogens with one attached hydrogen (secondary N) is 1. The number of aromatic nitrogens is 2. The topological polar surface area (TPSA) is 132 Å². The third kappa shape index (κ3) is 3.18. The lowest BCUT2D eigenvalue weighted by Gasteiger charge is -2.09. The Morgan fingerprint density at radius 3 is 2.64 bits per heavy atom. The third-order valence-electron chi connectivity index (χ3n) is 3.67. The molecule has 0 aliphatic heterocycles. The van der Waals surface area contributed by atoms with Crippen LogP contribution in [0.4, 0.5) is 0 Å². The van der Waals surface area contributed by atoms with Gasteiger partial charge in [-0.2, -0.15) is 10.1 Å². The van der Waals surface area contributed by atoms with E-state index in [4.69, 9.17) is 21.6 Å². The molecule has 3 rings (SSSR count). The molecule has 0 amide bonds. The van der Waals surface area contributed by atoms with Gasteiger partial charge in [-0.1, -0.05) is 0 Å². The molecule has 0 saturated carbocycles. The lowest BCUT2D eigenvalue weighted by atomic mass is 10.2. The van der Waals surface area contributed by atoms with Crippen LogP contribution in [-0.2, 0) is 0 Å². The van der Waals surface area contributed by atoms with E-state index >= 15 is 0 Å². The highest BCUT2D eigenvalue weighted by Gasteiger charge is 2.12. The highest BCUT2D eigenvalue weighted by atomic mass is 16.5. The number of aryl methyl sites for hydroxylation is 1. The average molecular weight is 336 g/mol. The molecule has 2 aromatic heterocycles. The number of nitrogens with two attached hydrogens (primary N) is 2. The maximum atomic E-state index is 11.1. The van der Waals surface area contributed by atoms with Gasteiger partial charge in [-0.25, -0.2) is 4.52 Å². The molecular formula is C17H16N6O2. The summed E-state index contributed by atoms with van der Waals surface area (Å²) in [5.74, 6) is 0.967. The second-order valence-corrected chi connectivity index (χ2v) is 5.32. The number of fused-ring (bicyclic) bond motifs is 1. The minimum atomic E-state index is -0.355. The Bertz CT molecular complexity index is 988. The fourth-order valence-electron chi connectivity index (χ4n) is 2.46. The second-order valence-electron chi connectivity index (χ2n) is 5.32. The van der Waals surface area contributed by atoms with Gasteiger partial charge in [0, 0.05) is 23.4 Å². The van der Waals surface area contributed by atoms with Crippen LogP contribution in [0.3, 0.4) is 0 Å². The van der Waals surface area contributed by atoms with Crippen LogP contribution >= 0.6 is 0 Å². The van der Waals surface area contributed by atoms with Crippen LogP contribution in [0.2, 0.25) is 0 Å². The normalized spacial score (nSPS) is 11.5. The van der Waals surface area contributed by atoms with Gasteiger partial charge in [-0.05, 0) is 36.8 Å². The van der Waals surface area contributed by atoms with E-state index in [0.29, 0.717) is 22.6 Å². The number of aldehydes is 1. The van der Waals surface area contributed by atoms with E-state index in [-0.39, 0.29) is 11.8 Å². The lowest BCUT2D eigenvalue weighted by Crippen LogP contribution is -2.18. The number of carbonyl (C=O) groups excluding carboxylic acids is 1. The van der Waals surface area contributed by atoms with Crippen molar-refractivity contribution in [3.8, 4) is 11.5 Å². The summed E-state index contributed by atoms with van der Waals surface area (Å²) in [6.45, 7) is 1.84. The summed E-state index contributed by atoms with van der Waals surface area (Å²) >= 11 is 0. The van der Waals surface area contributed by atoms with Crippen molar-refractivity contribution in [1.82, 2.24) is 9.61 Å². The first-order chi connectivity index (χ1) is 12.0. The molecule has 0 aliphatic carbocycles. The Hall–Kier alpha value is -3.68. The number of guanidine groups is 1. The number of aliphatic imine (C=N–C) groups is 1. The van der Waals surface area contributed by atoms with Gasteiger partial charge in [-0.3, -0.25) is 10.2 Å². The third-order valence-corrected chi connectivity index (χ3v) is 3.67. The highest BCUT2D eigenvalue weighted by molar-refractivity contribution is 6.03. The van der Waals surface area contributed by atoms with Crippen LogP contribution in [0.25, 0.3) is 5.52 Å². The van der Waals surface area contributed by atoms with Crippen molar-refractivity contribution in [1.29, 1.82) is 5.41 Å². The molecule has 0 saturated heterocycles. The van der Waals surface area contributed by atoms with E-state index in [1.165, 1.54) is 0 Å². The molecule has 0 spiro atoms. The van der Waals surface area contributed by atoms with Crippen LogP contribution in [0.15, 0.2) is 47.7 Å². The first kappa shape index (κ1) is 16.2. The first-order valence-electron chi connectivity index (χ1n) is 7.38. The van der Waals surface area contributed by atoms with Crippen molar-refractivity contribution < 1.29 is 9.53 Å². The maximum Gasteiger partial charge on any atom is 0.214 e. The first-order valence-corrected chi connectivity index (χ1v) is 7.38. The predicted octanol–water partition coefficient (Wildman–Crippen LogP) is 1.85. The van der Waals surface area contributed by atoms with E-state index in [1.54, 1.807) is 47.2 Å². The summed E-state index contributed by atoms with van der Waals surface area (Å²) in [7, 11) is 0. The van der Waals surface area contributed by atoms with Gasteiger partial charge in [0.25, 0.3) is 0 Å². The summed E-state index contributed by atoms with van der Waals surface area (Å²) in [5, 5.41) is 11.3. The van der Waals surface area contributed by atoms with E-state index in [2.05, 4.69) is 10.1 Å². The minimum Gasteiger partial charge on any atom is -0.455 e. The van der Waals surface area contributed by atoms with Gasteiger partial charge >= 0.3 is 0 Å². The van der Waals surface area contributed by atoms with E-state index in [9.17, 15) is 4.79 Å². The van der Waals surface area contributed by atoms with Crippen LogP contribution in [-0.4, -0.2) is 27.7 Å². The number of nitrogens with zero attached hydrogens (tertiary/aromatic N) is 3. The van der Waals surface area contributed by atoms with Gasteiger partial charge in [-0.15, -0.1) is 0 Å². The molecule has 0 aliphatic rings. The molecule has 0 unspecified atom stereocenters. The number of hydrogen-bond donors (Lipinski definition) is 3. The monoisotopic (exact) mass is 336 g/mol. The zero-order valence-corrected chi connectivity index (χ0v) is 13.4. The van der Waals surface area contributed by atoms with E-state index < -0.39 is 0 Å². The van der Waals surface area contributed by atoms with Gasteiger partial charge in [0.15, 0.2) is 12.0 Å². The molecule has 8 heteroatoms. The molecule has 3 aromatic rings. The Balaban J connectivity index is 1.93. The SMILES string of the molecule is Cc1c(C=O)cn2nccc(Oc3ccc(/C(N)=N/C(=N)N)cc3)c12. The summed E-state index contributed by atoms with van der Waals surface area (Å²) in [4.78, 5) is 14.8. The van der Waals surface area contributed by atoms with Crippen molar-refractivity contribution in [2.24, 2.45) is 16.5 Å². The van der Waals surface area contributed by atoms with Gasteiger partial charge < -0.3 is 16.2 Å². The van der Waals surface area contributed by atoms with Crippen molar-refractivity contribution in [2.75, 3.05) is 0 Å². The number of benzene rings is 1. The Morgan fingerprint density at radius 2 is 2.00 bits per heavy atom. The molecule has 1 aromatic carbocycles. The molecule has 5 N–H and O–H groups in total. The molecule has 0 fully saturated rings. The number of ether oxygens (including phenoxy) is 1. The summed E-state index contributed by atoms with van der Waals surface area (Å²) < 4.78 is 7.53. The zero-order valence-electron chi connectivity index (χ0n) is 13.4. The molecule has 126 valence electrons. The molecular weight excluding hydrogens is 320 g/mol. The highest BCUT2D eigenvalue weighted by Crippen LogP contribution is 2.29. The Morgan fingerprint density at radius 1 is 1.28 bits per heavy atom. The van der Waals surface area contributed by atoms with Crippen LogP contribution in [0, 0.1) is 12.3 Å². The summed E-state index contributed by atoms with van der Waals surface area (Å²) in [6.07, 6.45) is 4.05. The molecule has 0 atom stereocenters. The lowest BCUT2D eigenvalue weighted by molar-refractivity contribution is 0.112. The van der Waals surface area contributed by atoms with Crippen molar-refractivity contribution in [3.63, 3.8) is 0 Å². The van der Waals surface area contributed by atoms with Crippen LogP contribution in [0.1, 0.15) is 21.5 Å². The van der Waals surface area contributed by atoms with Crippen molar-refractivity contribution >= 4 is 23.6 Å². The molecule has 8 nitrogen and oxygen atoms in total. The zero-order chi connectivity index (χ0) is 18.0.